The summed E-state index contributed by atoms with van der Waals surface area (Å²) in [4.78, 5) is 16.3. The Labute approximate surface area is 98.0 Å². The summed E-state index contributed by atoms with van der Waals surface area (Å²) >= 11 is 0. The van der Waals surface area contributed by atoms with E-state index >= 15 is 0 Å². The van der Waals surface area contributed by atoms with Crippen molar-refractivity contribution in [1.82, 2.24) is 15.1 Å². The van der Waals surface area contributed by atoms with Crippen LogP contribution in [-0.2, 0) is 4.79 Å². The Balaban J connectivity index is 1.82. The van der Waals surface area contributed by atoms with Gasteiger partial charge in [-0.15, -0.1) is 0 Å². The van der Waals surface area contributed by atoms with E-state index in [-0.39, 0.29) is 0 Å². The van der Waals surface area contributed by atoms with Gasteiger partial charge in [-0.2, -0.15) is 0 Å². The molecule has 1 amide bonds. The van der Waals surface area contributed by atoms with Crippen molar-refractivity contribution in [1.29, 1.82) is 0 Å². The van der Waals surface area contributed by atoms with Crippen molar-refractivity contribution < 1.29 is 4.79 Å². The highest BCUT2D eigenvalue weighted by Gasteiger charge is 2.37. The zero-order valence-corrected chi connectivity index (χ0v) is 10.4. The molecule has 4 heteroatoms. The summed E-state index contributed by atoms with van der Waals surface area (Å²) in [5.74, 6) is 1.74. The minimum Gasteiger partial charge on any atom is -0.341 e. The quantitative estimate of drug-likeness (QED) is 0.732. The number of nitrogens with one attached hydrogen (secondary N) is 1. The van der Waals surface area contributed by atoms with E-state index in [2.05, 4.69) is 29.0 Å². The molecule has 2 fully saturated rings. The van der Waals surface area contributed by atoms with Gasteiger partial charge in [0.25, 0.3) is 0 Å². The molecule has 0 aromatic carbocycles. The van der Waals surface area contributed by atoms with Gasteiger partial charge in [0.15, 0.2) is 0 Å². The number of rotatable bonds is 4. The van der Waals surface area contributed by atoms with Crippen LogP contribution in [0.3, 0.4) is 0 Å². The van der Waals surface area contributed by atoms with Gasteiger partial charge < -0.3 is 10.2 Å². The van der Waals surface area contributed by atoms with Crippen LogP contribution in [-0.4, -0.2) is 61.5 Å². The highest BCUT2D eigenvalue weighted by molar-refractivity contribution is 5.78. The summed E-state index contributed by atoms with van der Waals surface area (Å²) in [7, 11) is 0. The summed E-state index contributed by atoms with van der Waals surface area (Å²) in [5, 5.41) is 3.40. The van der Waals surface area contributed by atoms with E-state index in [1.807, 2.05) is 0 Å². The van der Waals surface area contributed by atoms with Crippen LogP contribution < -0.4 is 5.32 Å². The first-order valence-electron chi connectivity index (χ1n) is 6.45. The predicted molar refractivity (Wildman–Crippen MR) is 64.2 cm³/mol. The third-order valence-electron chi connectivity index (χ3n) is 4.00. The lowest BCUT2D eigenvalue weighted by molar-refractivity contribution is -0.131. The lowest BCUT2D eigenvalue weighted by atomic mass is 10.0. The van der Waals surface area contributed by atoms with Crippen molar-refractivity contribution in [3.8, 4) is 0 Å². The molecule has 0 aromatic heterocycles. The molecule has 1 N–H and O–H groups in total. The topological polar surface area (TPSA) is 35.6 Å². The van der Waals surface area contributed by atoms with E-state index < -0.39 is 0 Å². The Morgan fingerprint density at radius 2 is 1.81 bits per heavy atom. The molecule has 0 unspecified atom stereocenters. The SMILES string of the molecule is CCN(CC)CC(=O)N1C[C@H]2CNC[C@H]2C1. The van der Waals surface area contributed by atoms with Crippen LogP contribution in [0.2, 0.25) is 0 Å². The van der Waals surface area contributed by atoms with Crippen molar-refractivity contribution in [2.45, 2.75) is 13.8 Å². The van der Waals surface area contributed by atoms with Gasteiger partial charge in [-0.05, 0) is 24.9 Å². The van der Waals surface area contributed by atoms with Crippen LogP contribution in [0.15, 0.2) is 0 Å². The number of hydrogen-bond acceptors (Lipinski definition) is 3. The second-order valence-electron chi connectivity index (χ2n) is 4.94. The van der Waals surface area contributed by atoms with Crippen molar-refractivity contribution in [3.63, 3.8) is 0 Å². The smallest absolute Gasteiger partial charge is 0.236 e. The Hall–Kier alpha value is -0.610. The second-order valence-corrected chi connectivity index (χ2v) is 4.94. The standard InChI is InChI=1S/C12H23N3O/c1-3-14(4-2)9-12(16)15-7-10-5-13-6-11(10)8-15/h10-11,13H,3-9H2,1-2H3/t10-,11+. The minimum absolute atomic E-state index is 0.318. The maximum atomic E-state index is 12.1. The molecule has 0 radical (unpaired) electrons. The van der Waals surface area contributed by atoms with Gasteiger partial charge in [-0.3, -0.25) is 9.69 Å². The molecule has 2 rings (SSSR count). The summed E-state index contributed by atoms with van der Waals surface area (Å²) < 4.78 is 0. The highest BCUT2D eigenvalue weighted by Crippen LogP contribution is 2.26. The van der Waals surface area contributed by atoms with E-state index in [0.717, 1.165) is 39.3 Å². The summed E-state index contributed by atoms with van der Waals surface area (Å²) in [6.07, 6.45) is 0. The number of fused-ring (bicyclic) bond motifs is 1. The van der Waals surface area contributed by atoms with Crippen LogP contribution in [0.1, 0.15) is 13.8 Å². The molecule has 0 aliphatic carbocycles. The van der Waals surface area contributed by atoms with E-state index in [4.69, 9.17) is 0 Å². The molecule has 2 saturated heterocycles. The van der Waals surface area contributed by atoms with Crippen molar-refractivity contribution in [2.24, 2.45) is 11.8 Å². The number of amides is 1. The third kappa shape index (κ3) is 2.38. The van der Waals surface area contributed by atoms with Crippen molar-refractivity contribution in [3.05, 3.63) is 0 Å². The number of likely N-dealkylation sites (N-methyl/N-ethyl adjacent to an activating group) is 1. The average molecular weight is 225 g/mol. The molecule has 0 spiro atoms. The summed E-state index contributed by atoms with van der Waals surface area (Å²) in [6, 6.07) is 0. The van der Waals surface area contributed by atoms with Crippen LogP contribution in [0, 0.1) is 11.8 Å². The zero-order valence-electron chi connectivity index (χ0n) is 10.4. The molecule has 2 heterocycles. The second kappa shape index (κ2) is 5.15. The Morgan fingerprint density at radius 3 is 2.31 bits per heavy atom. The lowest BCUT2D eigenvalue weighted by Gasteiger charge is -2.23. The molecule has 0 saturated carbocycles. The fourth-order valence-corrected chi connectivity index (χ4v) is 2.80. The molecule has 0 bridgehead atoms. The maximum absolute atomic E-state index is 12.1. The molecule has 16 heavy (non-hydrogen) atoms. The summed E-state index contributed by atoms with van der Waals surface area (Å²) in [5.41, 5.74) is 0. The molecule has 92 valence electrons. The van der Waals surface area contributed by atoms with Crippen LogP contribution >= 0.6 is 0 Å². The Morgan fingerprint density at radius 1 is 1.25 bits per heavy atom. The first-order chi connectivity index (χ1) is 7.74. The third-order valence-corrected chi connectivity index (χ3v) is 4.00. The van der Waals surface area contributed by atoms with Crippen molar-refractivity contribution in [2.75, 3.05) is 45.8 Å². The molecule has 4 nitrogen and oxygen atoms in total. The molecule has 0 aromatic rings. The first-order valence-corrected chi connectivity index (χ1v) is 6.45. The van der Waals surface area contributed by atoms with Gasteiger partial charge in [-0.25, -0.2) is 0 Å². The van der Waals surface area contributed by atoms with Gasteiger partial charge in [0, 0.05) is 26.2 Å². The van der Waals surface area contributed by atoms with E-state index in [0.29, 0.717) is 24.3 Å². The van der Waals surface area contributed by atoms with Gasteiger partial charge >= 0.3 is 0 Å². The number of nitrogens with zero attached hydrogens (tertiary/aromatic N) is 2. The number of carbonyl (C=O) groups excluding carboxylic acids is 1. The van der Waals surface area contributed by atoms with Gasteiger partial charge in [0.2, 0.25) is 5.91 Å². The Bertz CT molecular complexity index is 241. The fourth-order valence-electron chi connectivity index (χ4n) is 2.80. The average Bonchev–Trinajstić information content (AvgIpc) is 2.85. The summed E-state index contributed by atoms with van der Waals surface area (Å²) in [6.45, 7) is 10.9. The maximum Gasteiger partial charge on any atom is 0.236 e. The minimum atomic E-state index is 0.318. The van der Waals surface area contributed by atoms with Crippen LogP contribution in [0.25, 0.3) is 0 Å². The molecule has 2 atom stereocenters. The predicted octanol–water partition coefficient (Wildman–Crippen LogP) is 0.00600. The number of carbonyl (C=O) groups is 1. The van der Waals surface area contributed by atoms with Crippen LogP contribution in [0.4, 0.5) is 0 Å². The van der Waals surface area contributed by atoms with E-state index in [1.165, 1.54) is 0 Å². The Kier molecular flexibility index (Phi) is 3.82. The van der Waals surface area contributed by atoms with Gasteiger partial charge in [0.05, 0.1) is 6.54 Å². The normalized spacial score (nSPS) is 28.8. The monoisotopic (exact) mass is 225 g/mol. The van der Waals surface area contributed by atoms with Gasteiger partial charge in [-0.1, -0.05) is 13.8 Å². The van der Waals surface area contributed by atoms with Crippen LogP contribution in [0.5, 0.6) is 0 Å². The molecular weight excluding hydrogens is 202 g/mol. The van der Waals surface area contributed by atoms with Crippen molar-refractivity contribution >= 4 is 5.91 Å². The fraction of sp³-hybridized carbons (Fsp3) is 0.917. The number of hydrogen-bond donors (Lipinski definition) is 1. The highest BCUT2D eigenvalue weighted by atomic mass is 16.2. The molecule has 2 aliphatic rings. The zero-order chi connectivity index (χ0) is 11.5. The van der Waals surface area contributed by atoms with Gasteiger partial charge in [0.1, 0.15) is 0 Å². The molecular formula is C12H23N3O. The van der Waals surface area contributed by atoms with E-state index in [1.54, 1.807) is 0 Å². The van der Waals surface area contributed by atoms with E-state index in [9.17, 15) is 4.79 Å². The lowest BCUT2D eigenvalue weighted by Crippen LogP contribution is -2.40. The largest absolute Gasteiger partial charge is 0.341 e. The molecule has 2 aliphatic heterocycles. The number of likely N-dealkylation sites (tertiary alicyclic amines) is 1. The first kappa shape index (κ1) is 11.9.